The topological polar surface area (TPSA) is 26.3 Å². The average Bonchev–Trinajstić information content (AvgIpc) is 2.01. The van der Waals surface area contributed by atoms with Gasteiger partial charge in [0.2, 0.25) is 0 Å². The fraction of sp³-hybridized carbons (Fsp3) is 0.727. The lowest BCUT2D eigenvalue weighted by atomic mass is 10.0. The van der Waals surface area contributed by atoms with Crippen LogP contribution in [0.4, 0.5) is 4.39 Å². The lowest BCUT2D eigenvalue weighted by Crippen LogP contribution is -2.12. The third kappa shape index (κ3) is 7.77. The van der Waals surface area contributed by atoms with Gasteiger partial charge in [-0.2, -0.15) is 0 Å². The molecule has 0 bridgehead atoms. The average molecular weight is 202 g/mol. The second-order valence-corrected chi connectivity index (χ2v) is 4.09. The van der Waals surface area contributed by atoms with E-state index < -0.39 is 5.67 Å². The van der Waals surface area contributed by atoms with Crippen LogP contribution in [0.2, 0.25) is 0 Å². The highest BCUT2D eigenvalue weighted by Crippen LogP contribution is 2.16. The SMILES string of the molecule is C=C(C)C(=O)OCCCCC(C)(C)F. The minimum atomic E-state index is -1.13. The summed E-state index contributed by atoms with van der Waals surface area (Å²) in [6.45, 7) is 8.51. The summed E-state index contributed by atoms with van der Waals surface area (Å²) in [5, 5.41) is 0. The van der Waals surface area contributed by atoms with Gasteiger partial charge in [0.25, 0.3) is 0 Å². The van der Waals surface area contributed by atoms with Gasteiger partial charge in [0.15, 0.2) is 0 Å². The summed E-state index contributed by atoms with van der Waals surface area (Å²) in [6, 6.07) is 0. The molecule has 0 N–H and O–H groups in total. The predicted molar refractivity (Wildman–Crippen MR) is 54.8 cm³/mol. The summed E-state index contributed by atoms with van der Waals surface area (Å²) in [5.74, 6) is -0.371. The number of hydrogen-bond donors (Lipinski definition) is 0. The maximum Gasteiger partial charge on any atom is 0.333 e. The number of carbonyl (C=O) groups is 1. The van der Waals surface area contributed by atoms with E-state index in [0.717, 1.165) is 6.42 Å². The van der Waals surface area contributed by atoms with Crippen LogP contribution in [0.25, 0.3) is 0 Å². The molecule has 0 saturated carbocycles. The molecule has 0 aliphatic heterocycles. The maximum absolute atomic E-state index is 13.0. The van der Waals surface area contributed by atoms with Crippen LogP contribution in [0.1, 0.15) is 40.0 Å². The van der Waals surface area contributed by atoms with Crippen molar-refractivity contribution in [1.29, 1.82) is 0 Å². The number of esters is 1. The van der Waals surface area contributed by atoms with Crippen molar-refractivity contribution >= 4 is 5.97 Å². The number of hydrogen-bond acceptors (Lipinski definition) is 2. The fourth-order valence-electron chi connectivity index (χ4n) is 0.935. The minimum Gasteiger partial charge on any atom is -0.462 e. The number of halogens is 1. The van der Waals surface area contributed by atoms with Crippen molar-refractivity contribution in [2.75, 3.05) is 6.61 Å². The number of rotatable bonds is 6. The third-order valence-electron chi connectivity index (χ3n) is 1.75. The van der Waals surface area contributed by atoms with Crippen molar-refractivity contribution in [1.82, 2.24) is 0 Å². The highest BCUT2D eigenvalue weighted by atomic mass is 19.1. The smallest absolute Gasteiger partial charge is 0.333 e. The van der Waals surface area contributed by atoms with Crippen molar-refractivity contribution in [3.05, 3.63) is 12.2 Å². The van der Waals surface area contributed by atoms with Crippen LogP contribution < -0.4 is 0 Å². The molecule has 0 heterocycles. The van der Waals surface area contributed by atoms with Crippen LogP contribution in [0.15, 0.2) is 12.2 Å². The number of unbranched alkanes of at least 4 members (excludes halogenated alkanes) is 1. The van der Waals surface area contributed by atoms with Crippen LogP contribution in [-0.4, -0.2) is 18.2 Å². The molecule has 14 heavy (non-hydrogen) atoms. The Balaban J connectivity index is 3.39. The highest BCUT2D eigenvalue weighted by molar-refractivity contribution is 5.86. The number of alkyl halides is 1. The summed E-state index contributed by atoms with van der Waals surface area (Å²) in [6.07, 6.45) is 1.93. The molecule has 2 nitrogen and oxygen atoms in total. The zero-order valence-corrected chi connectivity index (χ0v) is 9.23. The van der Waals surface area contributed by atoms with Gasteiger partial charge < -0.3 is 4.74 Å². The van der Waals surface area contributed by atoms with Crippen molar-refractivity contribution in [3.63, 3.8) is 0 Å². The Labute approximate surface area is 85.1 Å². The van der Waals surface area contributed by atoms with E-state index >= 15 is 0 Å². The van der Waals surface area contributed by atoms with Crippen LogP contribution in [0, 0.1) is 0 Å². The lowest BCUT2D eigenvalue weighted by molar-refractivity contribution is -0.139. The molecule has 0 rings (SSSR count). The van der Waals surface area contributed by atoms with E-state index in [1.165, 1.54) is 0 Å². The van der Waals surface area contributed by atoms with Gasteiger partial charge >= 0.3 is 5.97 Å². The zero-order chi connectivity index (χ0) is 11.2. The summed E-state index contributed by atoms with van der Waals surface area (Å²) >= 11 is 0. The summed E-state index contributed by atoms with van der Waals surface area (Å²) in [4.78, 5) is 10.9. The first-order chi connectivity index (χ1) is 6.33. The van der Waals surface area contributed by atoms with E-state index in [-0.39, 0.29) is 5.97 Å². The first kappa shape index (κ1) is 13.1. The molecule has 0 unspecified atom stereocenters. The van der Waals surface area contributed by atoms with Crippen molar-refractivity contribution < 1.29 is 13.9 Å². The van der Waals surface area contributed by atoms with Gasteiger partial charge in [-0.15, -0.1) is 0 Å². The molecule has 0 aliphatic carbocycles. The van der Waals surface area contributed by atoms with E-state index in [0.29, 0.717) is 25.0 Å². The minimum absolute atomic E-state index is 0.349. The number of ether oxygens (including phenoxy) is 1. The molecule has 0 aromatic rings. The second-order valence-electron chi connectivity index (χ2n) is 4.09. The molecule has 0 spiro atoms. The molecule has 82 valence electrons. The molecule has 0 radical (unpaired) electrons. The fourth-order valence-corrected chi connectivity index (χ4v) is 0.935. The van der Waals surface area contributed by atoms with Crippen LogP contribution in [0.5, 0.6) is 0 Å². The standard InChI is InChI=1S/C11H19FO2/c1-9(2)10(13)14-8-6-5-7-11(3,4)12/h1,5-8H2,2-4H3. The van der Waals surface area contributed by atoms with Gasteiger partial charge in [-0.3, -0.25) is 0 Å². The summed E-state index contributed by atoms with van der Waals surface area (Å²) < 4.78 is 17.8. The molecule has 0 amide bonds. The lowest BCUT2D eigenvalue weighted by Gasteiger charge is -2.13. The van der Waals surface area contributed by atoms with E-state index in [4.69, 9.17) is 4.74 Å². The van der Waals surface area contributed by atoms with Gasteiger partial charge in [-0.25, -0.2) is 9.18 Å². The Hall–Kier alpha value is -0.860. The van der Waals surface area contributed by atoms with E-state index in [2.05, 4.69) is 6.58 Å². The Kier molecular flexibility index (Phi) is 5.43. The highest BCUT2D eigenvalue weighted by Gasteiger charge is 2.14. The van der Waals surface area contributed by atoms with Crippen molar-refractivity contribution in [2.24, 2.45) is 0 Å². The molecule has 0 aromatic carbocycles. The Morgan fingerprint density at radius 1 is 1.43 bits per heavy atom. The Bertz CT molecular complexity index is 204. The second kappa shape index (κ2) is 5.78. The molecule has 0 atom stereocenters. The van der Waals surface area contributed by atoms with Crippen molar-refractivity contribution in [2.45, 2.75) is 45.7 Å². The van der Waals surface area contributed by atoms with E-state index in [1.807, 2.05) is 0 Å². The summed E-state index contributed by atoms with van der Waals surface area (Å²) in [5.41, 5.74) is -0.728. The molecular formula is C11H19FO2. The third-order valence-corrected chi connectivity index (χ3v) is 1.75. The van der Waals surface area contributed by atoms with E-state index in [9.17, 15) is 9.18 Å². The molecule has 3 heteroatoms. The molecule has 0 aromatic heterocycles. The summed E-state index contributed by atoms with van der Waals surface area (Å²) in [7, 11) is 0. The van der Waals surface area contributed by atoms with Gasteiger partial charge in [0, 0.05) is 5.57 Å². The van der Waals surface area contributed by atoms with Crippen molar-refractivity contribution in [3.8, 4) is 0 Å². The quantitative estimate of drug-likeness (QED) is 0.376. The molecular weight excluding hydrogens is 183 g/mol. The first-order valence-corrected chi connectivity index (χ1v) is 4.84. The predicted octanol–water partition coefficient (Wildman–Crippen LogP) is 3.02. The monoisotopic (exact) mass is 202 g/mol. The van der Waals surface area contributed by atoms with Gasteiger partial charge in [-0.05, 0) is 40.0 Å². The zero-order valence-electron chi connectivity index (χ0n) is 9.23. The van der Waals surface area contributed by atoms with Gasteiger partial charge in [0.1, 0.15) is 5.67 Å². The van der Waals surface area contributed by atoms with Gasteiger partial charge in [0.05, 0.1) is 6.61 Å². The largest absolute Gasteiger partial charge is 0.462 e. The molecule has 0 fully saturated rings. The normalized spacial score (nSPS) is 11.1. The van der Waals surface area contributed by atoms with Gasteiger partial charge in [-0.1, -0.05) is 6.58 Å². The molecule has 0 aliphatic rings. The molecule has 0 saturated heterocycles. The van der Waals surface area contributed by atoms with E-state index in [1.54, 1.807) is 20.8 Å². The first-order valence-electron chi connectivity index (χ1n) is 4.84. The van der Waals surface area contributed by atoms with Crippen LogP contribution >= 0.6 is 0 Å². The maximum atomic E-state index is 13.0. The van der Waals surface area contributed by atoms with Crippen LogP contribution in [0.3, 0.4) is 0 Å². The Morgan fingerprint density at radius 2 is 2.00 bits per heavy atom. The van der Waals surface area contributed by atoms with Crippen LogP contribution in [-0.2, 0) is 9.53 Å². The Morgan fingerprint density at radius 3 is 2.43 bits per heavy atom. The number of carbonyl (C=O) groups excluding carboxylic acids is 1.